The molecule has 3 rings (SSSR count). The maximum Gasteiger partial charge on any atom is 0.195 e. The summed E-state index contributed by atoms with van der Waals surface area (Å²) in [7, 11) is 0. The predicted octanol–water partition coefficient (Wildman–Crippen LogP) is 4.29. The zero-order valence-electron chi connectivity index (χ0n) is 12.2. The number of aromatic nitrogens is 1. The lowest BCUT2D eigenvalue weighted by molar-refractivity contribution is 0.103. The van der Waals surface area contributed by atoms with Gasteiger partial charge in [0, 0.05) is 22.3 Å². The van der Waals surface area contributed by atoms with Crippen molar-refractivity contribution in [1.82, 2.24) is 4.98 Å². The van der Waals surface area contributed by atoms with Crippen molar-refractivity contribution in [2.45, 2.75) is 0 Å². The van der Waals surface area contributed by atoms with Crippen molar-refractivity contribution >= 4 is 34.6 Å². The summed E-state index contributed by atoms with van der Waals surface area (Å²) in [4.78, 5) is 16.9. The van der Waals surface area contributed by atoms with E-state index in [0.717, 1.165) is 0 Å². The van der Waals surface area contributed by atoms with Gasteiger partial charge in [-0.2, -0.15) is 0 Å². The summed E-state index contributed by atoms with van der Waals surface area (Å²) in [6.07, 6.45) is 1.64. The number of para-hydroxylation sites is 1. The summed E-state index contributed by atoms with van der Waals surface area (Å²) in [5.74, 6) is 0.420. The van der Waals surface area contributed by atoms with Crippen LogP contribution in [0.4, 0.5) is 17.2 Å². The van der Waals surface area contributed by atoms with Crippen LogP contribution in [0, 0.1) is 0 Å². The number of carbonyl (C=O) groups excluding carboxylic acids is 1. The fourth-order valence-corrected chi connectivity index (χ4v) is 2.32. The van der Waals surface area contributed by atoms with E-state index in [4.69, 9.17) is 17.3 Å². The molecule has 0 fully saturated rings. The normalized spacial score (nSPS) is 10.3. The molecule has 0 aliphatic carbocycles. The summed E-state index contributed by atoms with van der Waals surface area (Å²) < 4.78 is 0. The van der Waals surface area contributed by atoms with E-state index < -0.39 is 0 Å². The van der Waals surface area contributed by atoms with Crippen molar-refractivity contribution in [1.29, 1.82) is 0 Å². The summed E-state index contributed by atoms with van der Waals surface area (Å²) in [5, 5.41) is 3.71. The van der Waals surface area contributed by atoms with Crippen molar-refractivity contribution in [2.24, 2.45) is 0 Å². The first-order valence-electron chi connectivity index (χ1n) is 7.02. The van der Waals surface area contributed by atoms with Crippen molar-refractivity contribution in [3.05, 3.63) is 83.0 Å². The second kappa shape index (κ2) is 6.50. The second-order valence-electron chi connectivity index (χ2n) is 4.95. The Morgan fingerprint density at radius 1 is 1.00 bits per heavy atom. The van der Waals surface area contributed by atoms with Crippen LogP contribution < -0.4 is 11.1 Å². The Hall–Kier alpha value is -2.85. The molecule has 3 aromatic rings. The number of hydrogen-bond donors (Lipinski definition) is 2. The van der Waals surface area contributed by atoms with E-state index in [1.54, 1.807) is 48.7 Å². The Balaban J connectivity index is 1.96. The molecule has 0 saturated carbocycles. The molecule has 0 amide bonds. The molecule has 4 nitrogen and oxygen atoms in total. The lowest BCUT2D eigenvalue weighted by Crippen LogP contribution is -2.07. The second-order valence-corrected chi connectivity index (χ2v) is 5.38. The monoisotopic (exact) mass is 323 g/mol. The van der Waals surface area contributed by atoms with Gasteiger partial charge in [-0.25, -0.2) is 4.98 Å². The highest BCUT2D eigenvalue weighted by Crippen LogP contribution is 2.25. The standard InChI is InChI=1S/C18H14ClN3O/c19-13-9-7-12(8-10-13)17(23)14-4-1-2-6-16(14)22-18-15(20)5-3-11-21-18/h1-11H,20H2,(H,21,22). The van der Waals surface area contributed by atoms with E-state index >= 15 is 0 Å². The Kier molecular flexibility index (Phi) is 4.26. The number of nitrogens with one attached hydrogen (secondary N) is 1. The third-order valence-electron chi connectivity index (χ3n) is 3.37. The average molecular weight is 324 g/mol. The molecular formula is C18H14ClN3O. The summed E-state index contributed by atoms with van der Waals surface area (Å²) in [6.45, 7) is 0. The predicted molar refractivity (Wildman–Crippen MR) is 93.3 cm³/mol. The Morgan fingerprint density at radius 3 is 2.48 bits per heavy atom. The number of rotatable bonds is 4. The number of pyridine rings is 1. The molecule has 114 valence electrons. The molecule has 0 radical (unpaired) electrons. The molecule has 0 saturated heterocycles. The van der Waals surface area contributed by atoms with Gasteiger partial charge in [-0.3, -0.25) is 4.79 Å². The maximum absolute atomic E-state index is 12.7. The van der Waals surface area contributed by atoms with Crippen LogP contribution in [0.1, 0.15) is 15.9 Å². The molecule has 0 spiro atoms. The van der Waals surface area contributed by atoms with Gasteiger partial charge >= 0.3 is 0 Å². The van der Waals surface area contributed by atoms with Gasteiger partial charge in [0.15, 0.2) is 11.6 Å². The van der Waals surface area contributed by atoms with Crippen molar-refractivity contribution in [2.75, 3.05) is 11.1 Å². The number of benzene rings is 2. The molecule has 0 aliphatic rings. The van der Waals surface area contributed by atoms with Crippen LogP contribution in [0.2, 0.25) is 5.02 Å². The lowest BCUT2D eigenvalue weighted by atomic mass is 10.0. The first-order valence-corrected chi connectivity index (χ1v) is 7.40. The fourth-order valence-electron chi connectivity index (χ4n) is 2.20. The van der Waals surface area contributed by atoms with Gasteiger partial charge in [0.1, 0.15) is 0 Å². The number of halogens is 1. The van der Waals surface area contributed by atoms with Crippen molar-refractivity contribution < 1.29 is 4.79 Å². The zero-order valence-corrected chi connectivity index (χ0v) is 12.9. The zero-order chi connectivity index (χ0) is 16.2. The van der Waals surface area contributed by atoms with Crippen LogP contribution in [0.25, 0.3) is 0 Å². The Labute approximate surface area is 138 Å². The number of nitrogens with two attached hydrogens (primary N) is 1. The number of anilines is 3. The van der Waals surface area contributed by atoms with Crippen LogP contribution >= 0.6 is 11.6 Å². The minimum Gasteiger partial charge on any atom is -0.396 e. The lowest BCUT2D eigenvalue weighted by Gasteiger charge is -2.12. The quantitative estimate of drug-likeness (QED) is 0.703. The minimum absolute atomic E-state index is 0.0979. The molecular weight excluding hydrogens is 310 g/mol. The number of ketones is 1. The van der Waals surface area contributed by atoms with Crippen molar-refractivity contribution in [3.8, 4) is 0 Å². The fraction of sp³-hybridized carbons (Fsp3) is 0. The Bertz CT molecular complexity index is 847. The first-order chi connectivity index (χ1) is 11.1. The molecule has 1 aromatic heterocycles. The summed E-state index contributed by atoms with van der Waals surface area (Å²) >= 11 is 5.87. The highest BCUT2D eigenvalue weighted by molar-refractivity contribution is 6.30. The third-order valence-corrected chi connectivity index (χ3v) is 3.62. The van der Waals surface area contributed by atoms with E-state index in [1.807, 2.05) is 18.2 Å². The van der Waals surface area contributed by atoms with Gasteiger partial charge < -0.3 is 11.1 Å². The number of nitrogens with zero attached hydrogens (tertiary/aromatic N) is 1. The molecule has 0 atom stereocenters. The summed E-state index contributed by atoms with van der Waals surface area (Å²) in [6, 6.07) is 17.5. The third kappa shape index (κ3) is 3.33. The SMILES string of the molecule is Nc1cccnc1Nc1ccccc1C(=O)c1ccc(Cl)cc1. The number of hydrogen-bond acceptors (Lipinski definition) is 4. The molecule has 0 unspecified atom stereocenters. The van der Waals surface area contributed by atoms with Crippen molar-refractivity contribution in [3.63, 3.8) is 0 Å². The van der Waals surface area contributed by atoms with Gasteiger partial charge in [0.25, 0.3) is 0 Å². The van der Waals surface area contributed by atoms with E-state index in [1.165, 1.54) is 0 Å². The Morgan fingerprint density at radius 2 is 1.74 bits per heavy atom. The topological polar surface area (TPSA) is 68.0 Å². The molecule has 0 aliphatic heterocycles. The van der Waals surface area contributed by atoms with Crippen LogP contribution in [0.5, 0.6) is 0 Å². The first kappa shape index (κ1) is 15.1. The van der Waals surface area contributed by atoms with Gasteiger partial charge in [0.2, 0.25) is 0 Å². The molecule has 1 heterocycles. The van der Waals surface area contributed by atoms with Gasteiger partial charge in [-0.05, 0) is 48.5 Å². The highest BCUT2D eigenvalue weighted by Gasteiger charge is 2.14. The van der Waals surface area contributed by atoms with Crippen LogP contribution in [-0.2, 0) is 0 Å². The molecule has 23 heavy (non-hydrogen) atoms. The summed E-state index contributed by atoms with van der Waals surface area (Å²) in [5.41, 5.74) is 8.17. The maximum atomic E-state index is 12.7. The largest absolute Gasteiger partial charge is 0.396 e. The van der Waals surface area contributed by atoms with Crippen LogP contribution in [-0.4, -0.2) is 10.8 Å². The van der Waals surface area contributed by atoms with Crippen LogP contribution in [0.3, 0.4) is 0 Å². The van der Waals surface area contributed by atoms with E-state index in [9.17, 15) is 4.79 Å². The smallest absolute Gasteiger partial charge is 0.195 e. The highest BCUT2D eigenvalue weighted by atomic mass is 35.5. The van der Waals surface area contributed by atoms with Gasteiger partial charge in [-0.1, -0.05) is 23.7 Å². The van der Waals surface area contributed by atoms with E-state index in [0.29, 0.717) is 33.3 Å². The number of nitrogen functional groups attached to an aromatic ring is 1. The van der Waals surface area contributed by atoms with E-state index in [2.05, 4.69) is 10.3 Å². The number of carbonyl (C=O) groups is 1. The minimum atomic E-state index is -0.0979. The molecule has 0 bridgehead atoms. The molecule has 5 heteroatoms. The molecule has 3 N–H and O–H groups in total. The molecule has 2 aromatic carbocycles. The van der Waals surface area contributed by atoms with Crippen LogP contribution in [0.15, 0.2) is 66.9 Å². The van der Waals surface area contributed by atoms with Gasteiger partial charge in [-0.15, -0.1) is 0 Å². The van der Waals surface area contributed by atoms with Gasteiger partial charge in [0.05, 0.1) is 11.4 Å². The van der Waals surface area contributed by atoms with E-state index in [-0.39, 0.29) is 5.78 Å². The average Bonchev–Trinajstić information content (AvgIpc) is 2.57.